The third-order valence-corrected chi connectivity index (χ3v) is 5.58. The molecule has 0 spiro atoms. The van der Waals surface area contributed by atoms with Gasteiger partial charge in [-0.3, -0.25) is 4.90 Å². The predicted octanol–water partition coefficient (Wildman–Crippen LogP) is 1.02. The van der Waals surface area contributed by atoms with Crippen molar-refractivity contribution >= 4 is 9.84 Å². The van der Waals surface area contributed by atoms with Gasteiger partial charge in [-0.05, 0) is 39.7 Å². The Kier molecular flexibility index (Phi) is 4.34. The van der Waals surface area contributed by atoms with E-state index >= 15 is 0 Å². The topological polar surface area (TPSA) is 49.4 Å². The second-order valence-electron chi connectivity index (χ2n) is 6.08. The van der Waals surface area contributed by atoms with E-state index in [4.69, 9.17) is 0 Å². The van der Waals surface area contributed by atoms with Gasteiger partial charge in [0.25, 0.3) is 0 Å². The van der Waals surface area contributed by atoms with Crippen LogP contribution in [0.3, 0.4) is 0 Å². The zero-order valence-electron chi connectivity index (χ0n) is 11.7. The fourth-order valence-corrected chi connectivity index (χ4v) is 4.95. The van der Waals surface area contributed by atoms with Crippen LogP contribution in [0.2, 0.25) is 0 Å². The summed E-state index contributed by atoms with van der Waals surface area (Å²) in [6, 6.07) is 1.92. The van der Waals surface area contributed by atoms with E-state index in [2.05, 4.69) is 17.1 Å². The number of fused-ring (bicyclic) bond motifs is 2. The Bertz CT molecular complexity index is 368. The largest absolute Gasteiger partial charge is 0.317 e. The molecule has 0 aromatic heterocycles. The lowest BCUT2D eigenvalue weighted by Crippen LogP contribution is -2.59. The van der Waals surface area contributed by atoms with Crippen molar-refractivity contribution in [3.63, 3.8) is 0 Å². The number of nitrogens with zero attached hydrogens (tertiary/aromatic N) is 1. The second-order valence-corrected chi connectivity index (χ2v) is 8.27. The molecule has 1 N–H and O–H groups in total. The van der Waals surface area contributed by atoms with Crippen molar-refractivity contribution in [2.75, 3.05) is 19.1 Å². The molecule has 0 saturated carbocycles. The summed E-state index contributed by atoms with van der Waals surface area (Å²) in [4.78, 5) is 2.50. The Hall–Kier alpha value is -0.130. The van der Waals surface area contributed by atoms with Gasteiger partial charge in [0, 0.05) is 30.4 Å². The number of nitrogens with one attached hydrogen (secondary N) is 1. The number of sulfone groups is 1. The Morgan fingerprint density at radius 2 is 1.83 bits per heavy atom. The molecule has 2 saturated heterocycles. The van der Waals surface area contributed by atoms with Crippen molar-refractivity contribution in [1.82, 2.24) is 10.2 Å². The maximum atomic E-state index is 11.5. The molecule has 3 unspecified atom stereocenters. The van der Waals surface area contributed by atoms with Gasteiger partial charge < -0.3 is 5.32 Å². The van der Waals surface area contributed by atoms with Gasteiger partial charge in [-0.2, -0.15) is 0 Å². The van der Waals surface area contributed by atoms with Crippen LogP contribution in [0, 0.1) is 0 Å². The lowest BCUT2D eigenvalue weighted by Gasteiger charge is -2.51. The minimum Gasteiger partial charge on any atom is -0.317 e. The third kappa shape index (κ3) is 3.25. The molecule has 18 heavy (non-hydrogen) atoms. The van der Waals surface area contributed by atoms with Gasteiger partial charge in [-0.15, -0.1) is 0 Å². The van der Waals surface area contributed by atoms with Crippen molar-refractivity contribution in [3.8, 4) is 0 Å². The summed E-state index contributed by atoms with van der Waals surface area (Å²) in [6.07, 6.45) is 7.43. The standard InChI is InChI=1S/C13H26N2O2S/c1-10(9-18(3,16)17)15-12-5-4-6-13(15)8-11(7-12)14-2/h10-14H,4-9H2,1-3H3. The van der Waals surface area contributed by atoms with E-state index in [0.29, 0.717) is 23.9 Å². The number of hydrogen-bond donors (Lipinski definition) is 1. The van der Waals surface area contributed by atoms with E-state index in [-0.39, 0.29) is 6.04 Å². The maximum Gasteiger partial charge on any atom is 0.148 e. The van der Waals surface area contributed by atoms with E-state index in [1.165, 1.54) is 38.4 Å². The number of hydrogen-bond acceptors (Lipinski definition) is 4. The molecule has 0 aliphatic carbocycles. The van der Waals surface area contributed by atoms with Crippen LogP contribution in [0.25, 0.3) is 0 Å². The number of piperidine rings is 2. The minimum absolute atomic E-state index is 0.160. The SMILES string of the molecule is CNC1CC2CCCC(C1)N2C(C)CS(C)(=O)=O. The average molecular weight is 274 g/mol. The first-order chi connectivity index (χ1) is 8.40. The molecule has 2 aliphatic heterocycles. The molecule has 0 radical (unpaired) electrons. The van der Waals surface area contributed by atoms with Crippen molar-refractivity contribution in [1.29, 1.82) is 0 Å². The molecule has 0 amide bonds. The molecule has 2 fully saturated rings. The van der Waals surface area contributed by atoms with Crippen LogP contribution in [0.15, 0.2) is 0 Å². The van der Waals surface area contributed by atoms with Crippen LogP contribution in [0.1, 0.15) is 39.0 Å². The van der Waals surface area contributed by atoms with Gasteiger partial charge in [0.1, 0.15) is 9.84 Å². The third-order valence-electron chi connectivity index (χ3n) is 4.49. The van der Waals surface area contributed by atoms with Crippen LogP contribution in [-0.2, 0) is 9.84 Å². The summed E-state index contributed by atoms with van der Waals surface area (Å²) in [5, 5.41) is 3.40. The molecule has 106 valence electrons. The molecule has 0 aromatic rings. The van der Waals surface area contributed by atoms with Crippen LogP contribution in [0.5, 0.6) is 0 Å². The minimum atomic E-state index is -2.88. The van der Waals surface area contributed by atoms with Gasteiger partial charge in [-0.25, -0.2) is 8.42 Å². The normalized spacial score (nSPS) is 35.4. The zero-order chi connectivity index (χ0) is 13.3. The van der Waals surface area contributed by atoms with Crippen molar-refractivity contribution in [3.05, 3.63) is 0 Å². The smallest absolute Gasteiger partial charge is 0.148 e. The zero-order valence-corrected chi connectivity index (χ0v) is 12.5. The molecule has 4 nitrogen and oxygen atoms in total. The molecular formula is C13H26N2O2S. The molecule has 2 aliphatic rings. The summed E-state index contributed by atoms with van der Waals surface area (Å²) in [6.45, 7) is 2.08. The highest BCUT2D eigenvalue weighted by molar-refractivity contribution is 7.90. The highest BCUT2D eigenvalue weighted by Gasteiger charge is 2.40. The second kappa shape index (κ2) is 5.47. The lowest BCUT2D eigenvalue weighted by atomic mass is 9.81. The fourth-order valence-electron chi connectivity index (χ4n) is 3.90. The molecule has 2 heterocycles. The van der Waals surface area contributed by atoms with Gasteiger partial charge in [0.15, 0.2) is 0 Å². The Morgan fingerprint density at radius 3 is 2.28 bits per heavy atom. The summed E-state index contributed by atoms with van der Waals surface area (Å²) >= 11 is 0. The Morgan fingerprint density at radius 1 is 1.28 bits per heavy atom. The highest BCUT2D eigenvalue weighted by Crippen LogP contribution is 2.35. The average Bonchev–Trinajstić information content (AvgIpc) is 2.24. The summed E-state index contributed by atoms with van der Waals surface area (Å²) in [7, 11) is -0.842. The molecular weight excluding hydrogens is 248 g/mol. The lowest BCUT2D eigenvalue weighted by molar-refractivity contribution is 0.00240. The predicted molar refractivity (Wildman–Crippen MR) is 74.5 cm³/mol. The van der Waals surface area contributed by atoms with Crippen molar-refractivity contribution in [2.45, 2.75) is 63.2 Å². The van der Waals surface area contributed by atoms with E-state index < -0.39 is 9.84 Å². The van der Waals surface area contributed by atoms with Gasteiger partial charge in [0.2, 0.25) is 0 Å². The fraction of sp³-hybridized carbons (Fsp3) is 1.00. The van der Waals surface area contributed by atoms with Gasteiger partial charge in [-0.1, -0.05) is 6.42 Å². The monoisotopic (exact) mass is 274 g/mol. The quantitative estimate of drug-likeness (QED) is 0.832. The van der Waals surface area contributed by atoms with E-state index in [0.717, 1.165) is 0 Å². The highest BCUT2D eigenvalue weighted by atomic mass is 32.2. The van der Waals surface area contributed by atoms with E-state index in [1.54, 1.807) is 0 Å². The van der Waals surface area contributed by atoms with E-state index in [9.17, 15) is 8.42 Å². The first-order valence-corrected chi connectivity index (χ1v) is 9.09. The molecule has 2 rings (SSSR count). The Labute approximate surface area is 111 Å². The van der Waals surface area contributed by atoms with Crippen LogP contribution in [-0.4, -0.2) is 56.5 Å². The van der Waals surface area contributed by atoms with Crippen molar-refractivity contribution < 1.29 is 8.42 Å². The van der Waals surface area contributed by atoms with Crippen LogP contribution < -0.4 is 5.32 Å². The van der Waals surface area contributed by atoms with E-state index in [1.807, 2.05) is 7.05 Å². The van der Waals surface area contributed by atoms with Crippen LogP contribution >= 0.6 is 0 Å². The summed E-state index contributed by atoms with van der Waals surface area (Å²) in [5.74, 6) is 0.296. The van der Waals surface area contributed by atoms with Gasteiger partial charge in [0.05, 0.1) is 5.75 Å². The summed E-state index contributed by atoms with van der Waals surface area (Å²) < 4.78 is 23.0. The molecule has 0 aromatic carbocycles. The summed E-state index contributed by atoms with van der Waals surface area (Å²) in [5.41, 5.74) is 0. The van der Waals surface area contributed by atoms with Gasteiger partial charge >= 0.3 is 0 Å². The maximum absolute atomic E-state index is 11.5. The molecule has 3 atom stereocenters. The first-order valence-electron chi connectivity index (χ1n) is 7.03. The van der Waals surface area contributed by atoms with Crippen molar-refractivity contribution in [2.24, 2.45) is 0 Å². The Balaban J connectivity index is 2.08. The molecule has 2 bridgehead atoms. The molecule has 5 heteroatoms. The first kappa shape index (κ1) is 14.3. The van der Waals surface area contributed by atoms with Crippen LogP contribution in [0.4, 0.5) is 0 Å². The number of rotatable bonds is 4.